The number of aliphatic carboxylic acids is 1. The number of nitrogens with zero attached hydrogens (tertiary/aromatic N) is 3. The van der Waals surface area contributed by atoms with E-state index in [0.717, 1.165) is 56.9 Å². The summed E-state index contributed by atoms with van der Waals surface area (Å²) in [6, 6.07) is 14.3. The third-order valence-corrected chi connectivity index (χ3v) is 8.25. The van der Waals surface area contributed by atoms with E-state index in [2.05, 4.69) is 76.0 Å². The summed E-state index contributed by atoms with van der Waals surface area (Å²) in [5.41, 5.74) is 2.34. The van der Waals surface area contributed by atoms with Gasteiger partial charge in [-0.25, -0.2) is 4.98 Å². The topological polar surface area (TPSA) is 108 Å². The van der Waals surface area contributed by atoms with Crippen molar-refractivity contribution in [1.82, 2.24) is 15.0 Å². The van der Waals surface area contributed by atoms with Gasteiger partial charge in [0.05, 0.1) is 10.9 Å². The number of nitrogens with one attached hydrogen (secondary N) is 1. The normalized spacial score (nSPS) is 14.3. The SMILES string of the molecule is O=C(O)CCc1nc2nc(N3CCC(Oc4ccc(-c5ccc(Br)cc5)cc4Br)CC3)sc2c(=O)[nH]1. The maximum absolute atomic E-state index is 12.4. The molecule has 1 aliphatic heterocycles. The van der Waals surface area contributed by atoms with Crippen molar-refractivity contribution in [3.8, 4) is 16.9 Å². The molecule has 2 aromatic heterocycles. The van der Waals surface area contributed by atoms with Crippen LogP contribution in [0.25, 0.3) is 21.5 Å². The minimum absolute atomic E-state index is 0.0783. The van der Waals surface area contributed by atoms with Crippen LogP contribution in [-0.2, 0) is 11.2 Å². The number of aromatic nitrogens is 3. The number of rotatable bonds is 7. The number of aromatic amines is 1. The summed E-state index contributed by atoms with van der Waals surface area (Å²) in [4.78, 5) is 37.0. The number of carboxylic acids is 1. The molecular formula is C25H22Br2N4O4S. The summed E-state index contributed by atoms with van der Waals surface area (Å²) >= 11 is 8.44. The number of carboxylic acid groups (broad SMARTS) is 1. The van der Waals surface area contributed by atoms with Crippen molar-refractivity contribution in [3.63, 3.8) is 0 Å². The summed E-state index contributed by atoms with van der Waals surface area (Å²) in [6.07, 6.45) is 1.79. The van der Waals surface area contributed by atoms with E-state index in [1.165, 1.54) is 11.3 Å². The zero-order valence-corrected chi connectivity index (χ0v) is 23.0. The molecule has 36 heavy (non-hydrogen) atoms. The summed E-state index contributed by atoms with van der Waals surface area (Å²) in [6.45, 7) is 1.51. The van der Waals surface area contributed by atoms with Gasteiger partial charge in [0.2, 0.25) is 0 Å². The lowest BCUT2D eigenvalue weighted by Crippen LogP contribution is -2.38. The third-order valence-electron chi connectivity index (χ3n) is 5.99. The molecule has 0 aliphatic carbocycles. The highest BCUT2D eigenvalue weighted by Gasteiger charge is 2.24. The second-order valence-electron chi connectivity index (χ2n) is 8.51. The molecule has 5 rings (SSSR count). The first-order valence-corrected chi connectivity index (χ1v) is 13.8. The van der Waals surface area contributed by atoms with E-state index in [-0.39, 0.29) is 24.5 Å². The van der Waals surface area contributed by atoms with Crippen LogP contribution < -0.4 is 15.2 Å². The zero-order valence-electron chi connectivity index (χ0n) is 19.0. The number of piperidine rings is 1. The Morgan fingerprint density at radius 2 is 1.83 bits per heavy atom. The lowest BCUT2D eigenvalue weighted by molar-refractivity contribution is -0.137. The van der Waals surface area contributed by atoms with Gasteiger partial charge in [0.15, 0.2) is 10.8 Å². The number of ether oxygens (including phenoxy) is 1. The molecule has 0 amide bonds. The van der Waals surface area contributed by atoms with Gasteiger partial charge in [-0.1, -0.05) is 45.5 Å². The van der Waals surface area contributed by atoms with Crippen molar-refractivity contribution in [1.29, 1.82) is 0 Å². The van der Waals surface area contributed by atoms with E-state index < -0.39 is 5.97 Å². The summed E-state index contributed by atoms with van der Waals surface area (Å²) in [5.74, 6) is 0.226. The Balaban J connectivity index is 1.22. The van der Waals surface area contributed by atoms with Crippen molar-refractivity contribution < 1.29 is 14.6 Å². The monoisotopic (exact) mass is 632 g/mol. The first-order chi connectivity index (χ1) is 17.4. The van der Waals surface area contributed by atoms with E-state index in [4.69, 9.17) is 9.84 Å². The molecule has 0 spiro atoms. The molecule has 2 aromatic carbocycles. The van der Waals surface area contributed by atoms with Gasteiger partial charge in [-0.05, 0) is 51.3 Å². The third kappa shape index (κ3) is 5.63. The number of H-pyrrole nitrogens is 1. The van der Waals surface area contributed by atoms with E-state index in [0.29, 0.717) is 16.2 Å². The standard InChI is InChI=1S/C25H22Br2N4O4S/c26-16-4-1-14(2-5-16)15-3-6-19(18(27)13-15)35-17-9-11-31(12-10-17)25-30-23-22(36-25)24(34)29-20(28-23)7-8-21(32)33/h1-6,13,17H,7-12H2,(H,32,33)(H,28,29,34). The molecule has 0 bridgehead atoms. The van der Waals surface area contributed by atoms with Gasteiger partial charge in [0, 0.05) is 36.8 Å². The van der Waals surface area contributed by atoms with Crippen LogP contribution in [-0.4, -0.2) is 45.2 Å². The number of benzene rings is 2. The predicted octanol–water partition coefficient (Wildman–Crippen LogP) is 5.64. The van der Waals surface area contributed by atoms with E-state index in [1.54, 1.807) is 0 Å². The molecule has 0 unspecified atom stereocenters. The van der Waals surface area contributed by atoms with E-state index >= 15 is 0 Å². The van der Waals surface area contributed by atoms with E-state index in [9.17, 15) is 9.59 Å². The number of thiazole rings is 1. The molecule has 3 heterocycles. The zero-order chi connectivity index (χ0) is 25.2. The van der Waals surface area contributed by atoms with Crippen LogP contribution in [0.3, 0.4) is 0 Å². The predicted molar refractivity (Wildman–Crippen MR) is 147 cm³/mol. The van der Waals surface area contributed by atoms with Crippen molar-refractivity contribution >= 4 is 64.6 Å². The van der Waals surface area contributed by atoms with Crippen molar-refractivity contribution in [2.75, 3.05) is 18.0 Å². The fourth-order valence-corrected chi connectivity index (χ4v) is 5.80. The average Bonchev–Trinajstić information content (AvgIpc) is 3.30. The largest absolute Gasteiger partial charge is 0.489 e. The highest BCUT2D eigenvalue weighted by Crippen LogP contribution is 2.34. The molecule has 8 nitrogen and oxygen atoms in total. The molecule has 2 N–H and O–H groups in total. The summed E-state index contributed by atoms with van der Waals surface area (Å²) < 4.78 is 8.73. The molecule has 0 atom stereocenters. The minimum Gasteiger partial charge on any atom is -0.489 e. The highest BCUT2D eigenvalue weighted by atomic mass is 79.9. The summed E-state index contributed by atoms with van der Waals surface area (Å²) in [7, 11) is 0. The molecule has 11 heteroatoms. The first kappa shape index (κ1) is 24.9. The number of hydrogen-bond donors (Lipinski definition) is 2. The molecule has 0 radical (unpaired) electrons. The highest BCUT2D eigenvalue weighted by molar-refractivity contribution is 9.10. The Bertz CT molecular complexity index is 1460. The number of carbonyl (C=O) groups is 1. The van der Waals surface area contributed by atoms with Crippen molar-refractivity contribution in [3.05, 3.63) is 67.6 Å². The number of hydrogen-bond acceptors (Lipinski definition) is 7. The van der Waals surface area contributed by atoms with Crippen LogP contribution in [0.15, 0.2) is 56.2 Å². The Kier molecular flexibility index (Phi) is 7.40. The number of aryl methyl sites for hydroxylation is 1. The fourth-order valence-electron chi connectivity index (χ4n) is 4.11. The average molecular weight is 634 g/mol. The fraction of sp³-hybridized carbons (Fsp3) is 0.280. The maximum atomic E-state index is 12.4. The van der Waals surface area contributed by atoms with Crippen LogP contribution in [0.2, 0.25) is 0 Å². The molecule has 1 fully saturated rings. The lowest BCUT2D eigenvalue weighted by Gasteiger charge is -2.32. The molecule has 186 valence electrons. The van der Waals surface area contributed by atoms with Crippen LogP contribution in [0.5, 0.6) is 5.75 Å². The van der Waals surface area contributed by atoms with Gasteiger partial charge in [-0.2, -0.15) is 4.98 Å². The smallest absolute Gasteiger partial charge is 0.303 e. The molecule has 1 saturated heterocycles. The molecule has 1 aliphatic rings. The maximum Gasteiger partial charge on any atom is 0.303 e. The van der Waals surface area contributed by atoms with E-state index in [1.807, 2.05) is 18.2 Å². The van der Waals surface area contributed by atoms with Gasteiger partial charge in [-0.3, -0.25) is 9.59 Å². The Hall–Kier alpha value is -2.76. The van der Waals surface area contributed by atoms with Gasteiger partial charge in [0.1, 0.15) is 22.4 Å². The van der Waals surface area contributed by atoms with Crippen LogP contribution >= 0.6 is 43.2 Å². The number of halogens is 2. The number of anilines is 1. The molecule has 0 saturated carbocycles. The Morgan fingerprint density at radius 1 is 1.11 bits per heavy atom. The van der Waals surface area contributed by atoms with Gasteiger partial charge >= 0.3 is 5.97 Å². The Labute approximate surface area is 227 Å². The molecule has 4 aromatic rings. The van der Waals surface area contributed by atoms with Crippen LogP contribution in [0.4, 0.5) is 5.13 Å². The second kappa shape index (κ2) is 10.7. The van der Waals surface area contributed by atoms with Crippen LogP contribution in [0, 0.1) is 0 Å². The lowest BCUT2D eigenvalue weighted by atomic mass is 10.1. The first-order valence-electron chi connectivity index (χ1n) is 11.4. The van der Waals surface area contributed by atoms with Crippen molar-refractivity contribution in [2.45, 2.75) is 31.8 Å². The van der Waals surface area contributed by atoms with Crippen LogP contribution in [0.1, 0.15) is 25.1 Å². The number of fused-ring (bicyclic) bond motifs is 1. The van der Waals surface area contributed by atoms with Gasteiger partial charge in [0.25, 0.3) is 5.56 Å². The van der Waals surface area contributed by atoms with Crippen molar-refractivity contribution in [2.24, 2.45) is 0 Å². The quantitative estimate of drug-likeness (QED) is 0.271. The molecular weight excluding hydrogens is 612 g/mol. The second-order valence-corrected chi connectivity index (χ2v) is 11.3. The summed E-state index contributed by atoms with van der Waals surface area (Å²) in [5, 5.41) is 9.62. The minimum atomic E-state index is -0.936. The Morgan fingerprint density at radius 3 is 2.53 bits per heavy atom. The van der Waals surface area contributed by atoms with Gasteiger partial charge in [-0.15, -0.1) is 0 Å². The van der Waals surface area contributed by atoms with Gasteiger partial charge < -0.3 is 19.7 Å².